The van der Waals surface area contributed by atoms with Gasteiger partial charge < -0.3 is 14.8 Å². The van der Waals surface area contributed by atoms with Gasteiger partial charge >= 0.3 is 0 Å². The number of amides is 1. The van der Waals surface area contributed by atoms with E-state index in [1.54, 1.807) is 12.5 Å². The Bertz CT molecular complexity index is 646. The van der Waals surface area contributed by atoms with Crippen LogP contribution in [0.2, 0.25) is 0 Å². The van der Waals surface area contributed by atoms with E-state index in [-0.39, 0.29) is 11.4 Å². The highest BCUT2D eigenvalue weighted by molar-refractivity contribution is 7.15. The number of aromatic nitrogens is 1. The van der Waals surface area contributed by atoms with Crippen molar-refractivity contribution < 1.29 is 14.3 Å². The predicted octanol–water partition coefficient (Wildman–Crippen LogP) is 4.79. The van der Waals surface area contributed by atoms with E-state index >= 15 is 0 Å². The Morgan fingerprint density at radius 3 is 2.68 bits per heavy atom. The Balaban J connectivity index is 1.78. The zero-order chi connectivity index (χ0) is 20.6. The molecule has 0 radical (unpaired) electrons. The van der Waals surface area contributed by atoms with Crippen LogP contribution in [0.5, 0.6) is 5.19 Å². The Hall–Kier alpha value is -1.60. The van der Waals surface area contributed by atoms with Gasteiger partial charge in [0.25, 0.3) is 11.1 Å². The zero-order valence-corrected chi connectivity index (χ0v) is 18.7. The highest BCUT2D eigenvalue weighted by Gasteiger charge is 2.28. The minimum Gasteiger partial charge on any atom is -0.478 e. The third kappa shape index (κ3) is 7.09. The molecule has 6 nitrogen and oxygen atoms in total. The van der Waals surface area contributed by atoms with Crippen LogP contribution in [-0.2, 0) is 4.74 Å². The van der Waals surface area contributed by atoms with Crippen LogP contribution in [0.4, 0.5) is 0 Å². The molecule has 0 bridgehead atoms. The average molecular weight is 410 g/mol. The van der Waals surface area contributed by atoms with E-state index in [0.717, 1.165) is 12.2 Å². The number of carbonyl (C=O) groups excluding carboxylic acids is 1. The summed E-state index contributed by atoms with van der Waals surface area (Å²) in [5, 5.41) is 3.46. The van der Waals surface area contributed by atoms with Crippen molar-refractivity contribution in [2.75, 3.05) is 19.8 Å². The summed E-state index contributed by atoms with van der Waals surface area (Å²) in [4.78, 5) is 19.3. The molecule has 0 unspecified atom stereocenters. The fraction of sp³-hybridized carbons (Fsp3) is 0.714. The van der Waals surface area contributed by atoms with Crippen LogP contribution < -0.4 is 10.1 Å². The van der Waals surface area contributed by atoms with Crippen LogP contribution in [0, 0.1) is 5.92 Å². The van der Waals surface area contributed by atoms with Gasteiger partial charge in [-0.3, -0.25) is 9.69 Å². The van der Waals surface area contributed by atoms with E-state index in [0.29, 0.717) is 35.8 Å². The summed E-state index contributed by atoms with van der Waals surface area (Å²) in [7, 11) is 0. The fourth-order valence-corrected chi connectivity index (χ4v) is 3.86. The summed E-state index contributed by atoms with van der Waals surface area (Å²) in [5.41, 5.74) is 0.0509. The number of hydrogen-bond donors (Lipinski definition) is 1. The number of nitrogens with zero attached hydrogens (tertiary/aromatic N) is 2. The van der Waals surface area contributed by atoms with Crippen molar-refractivity contribution in [3.05, 3.63) is 23.1 Å². The molecule has 1 N–H and O–H groups in total. The molecule has 1 amide bonds. The van der Waals surface area contributed by atoms with Crippen LogP contribution >= 0.6 is 11.3 Å². The van der Waals surface area contributed by atoms with Gasteiger partial charge in [0.2, 0.25) is 0 Å². The summed E-state index contributed by atoms with van der Waals surface area (Å²) in [6.07, 6.45) is 9.04. The lowest BCUT2D eigenvalue weighted by Crippen LogP contribution is -2.39. The van der Waals surface area contributed by atoms with Crippen LogP contribution in [0.25, 0.3) is 0 Å². The van der Waals surface area contributed by atoms with Gasteiger partial charge in [0.15, 0.2) is 0 Å². The molecule has 1 aliphatic rings. The zero-order valence-electron chi connectivity index (χ0n) is 17.9. The van der Waals surface area contributed by atoms with E-state index in [1.807, 2.05) is 0 Å². The third-order valence-corrected chi connectivity index (χ3v) is 5.82. The molecule has 0 saturated carbocycles. The molecule has 0 atom stereocenters. The quantitative estimate of drug-likeness (QED) is 0.563. The van der Waals surface area contributed by atoms with Crippen LogP contribution in [0.15, 0.2) is 18.2 Å². The van der Waals surface area contributed by atoms with Gasteiger partial charge in [-0.25, -0.2) is 4.98 Å². The largest absolute Gasteiger partial charge is 0.478 e. The summed E-state index contributed by atoms with van der Waals surface area (Å²) < 4.78 is 11.2. The molecule has 0 aliphatic carbocycles. The number of nitrogens with one attached hydrogen (secondary N) is 1. The van der Waals surface area contributed by atoms with Gasteiger partial charge in [0.05, 0.1) is 12.7 Å². The second kappa shape index (κ2) is 10.8. The summed E-state index contributed by atoms with van der Waals surface area (Å²) in [6, 6.07) is 0. The van der Waals surface area contributed by atoms with Crippen molar-refractivity contribution >= 4 is 17.2 Å². The number of rotatable bonds is 10. The first-order chi connectivity index (χ1) is 13.3. The third-order valence-electron chi connectivity index (χ3n) is 4.93. The van der Waals surface area contributed by atoms with E-state index in [1.165, 1.54) is 37.0 Å². The van der Waals surface area contributed by atoms with Gasteiger partial charge in [-0.1, -0.05) is 50.9 Å². The average Bonchev–Trinajstić information content (AvgIpc) is 3.29. The lowest BCUT2D eigenvalue weighted by molar-refractivity contribution is 0.0942. The first-order valence-corrected chi connectivity index (χ1v) is 11.1. The van der Waals surface area contributed by atoms with E-state index in [9.17, 15) is 4.79 Å². The molecule has 1 fully saturated rings. The van der Waals surface area contributed by atoms with Gasteiger partial charge in [-0.15, -0.1) is 0 Å². The molecule has 1 aromatic heterocycles. The normalized spacial score (nSPS) is 16.6. The molecule has 158 valence electrons. The molecule has 0 aromatic carbocycles. The van der Waals surface area contributed by atoms with E-state index < -0.39 is 0 Å². The predicted molar refractivity (Wildman–Crippen MR) is 113 cm³/mol. The van der Waals surface area contributed by atoms with Crippen molar-refractivity contribution in [3.8, 4) is 5.19 Å². The van der Waals surface area contributed by atoms with Crippen molar-refractivity contribution in [2.24, 2.45) is 5.92 Å². The minimum absolute atomic E-state index is 0.0509. The lowest BCUT2D eigenvalue weighted by Gasteiger charge is -2.28. The number of thiazole rings is 1. The highest BCUT2D eigenvalue weighted by Crippen LogP contribution is 2.24. The Kier molecular flexibility index (Phi) is 8.76. The van der Waals surface area contributed by atoms with Crippen LogP contribution in [0.1, 0.15) is 76.4 Å². The Morgan fingerprint density at radius 1 is 1.36 bits per heavy atom. The van der Waals surface area contributed by atoms with E-state index in [4.69, 9.17) is 9.47 Å². The van der Waals surface area contributed by atoms with E-state index in [2.05, 4.69) is 49.8 Å². The second-order valence-electron chi connectivity index (χ2n) is 8.32. The Morgan fingerprint density at radius 2 is 2.07 bits per heavy atom. The second-order valence-corrected chi connectivity index (χ2v) is 9.32. The molecule has 7 heteroatoms. The molecular weight excluding hydrogens is 374 g/mol. The van der Waals surface area contributed by atoms with Gasteiger partial charge in [0.1, 0.15) is 23.6 Å². The molecular formula is C21H35N3O3S. The number of ether oxygens (including phenoxy) is 2. The SMILES string of the molecule is CCCC(CCC)CCNC(=O)c1cnc(OC=C2CN(C(C)(C)C)CO2)s1. The summed E-state index contributed by atoms with van der Waals surface area (Å²) >= 11 is 1.25. The van der Waals surface area contributed by atoms with Gasteiger partial charge in [0, 0.05) is 12.1 Å². The molecule has 2 heterocycles. The molecule has 1 aliphatic heterocycles. The monoisotopic (exact) mass is 409 g/mol. The fourth-order valence-electron chi connectivity index (χ4n) is 3.20. The Labute approximate surface area is 173 Å². The number of hydrogen-bond acceptors (Lipinski definition) is 6. The smallest absolute Gasteiger partial charge is 0.278 e. The highest BCUT2D eigenvalue weighted by atomic mass is 32.1. The van der Waals surface area contributed by atoms with Gasteiger partial charge in [-0.05, 0) is 33.1 Å². The first kappa shape index (κ1) is 22.7. The maximum Gasteiger partial charge on any atom is 0.278 e. The maximum absolute atomic E-state index is 12.3. The van der Waals surface area contributed by atoms with Crippen molar-refractivity contribution in [3.63, 3.8) is 0 Å². The van der Waals surface area contributed by atoms with Crippen molar-refractivity contribution in [1.82, 2.24) is 15.2 Å². The van der Waals surface area contributed by atoms with Crippen LogP contribution in [0.3, 0.4) is 0 Å². The summed E-state index contributed by atoms with van der Waals surface area (Å²) in [5.74, 6) is 1.39. The molecule has 1 saturated heterocycles. The molecule has 2 rings (SSSR count). The maximum atomic E-state index is 12.3. The van der Waals surface area contributed by atoms with Crippen LogP contribution in [-0.4, -0.2) is 41.2 Å². The summed E-state index contributed by atoms with van der Waals surface area (Å²) in [6.45, 7) is 12.9. The topological polar surface area (TPSA) is 63.7 Å². The number of carbonyl (C=O) groups is 1. The molecule has 1 aromatic rings. The standard InChI is InChI=1S/C21H35N3O3S/c1-6-8-16(9-7-2)10-11-22-19(25)18-12-23-20(28-18)26-14-17-13-24(15-27-17)21(3,4)5/h12,14,16H,6-11,13,15H2,1-5H3,(H,22,25). The molecule has 0 spiro atoms. The molecule has 28 heavy (non-hydrogen) atoms. The van der Waals surface area contributed by atoms with Crippen molar-refractivity contribution in [1.29, 1.82) is 0 Å². The van der Waals surface area contributed by atoms with Crippen molar-refractivity contribution in [2.45, 2.75) is 72.3 Å². The van der Waals surface area contributed by atoms with Gasteiger partial charge in [-0.2, -0.15) is 0 Å². The lowest BCUT2D eigenvalue weighted by atomic mass is 9.95. The first-order valence-electron chi connectivity index (χ1n) is 10.3. The minimum atomic E-state index is -0.0808.